The quantitative estimate of drug-likeness (QED) is 0.178. The Morgan fingerprint density at radius 2 is 1.92 bits per heavy atom. The van der Waals surface area contributed by atoms with E-state index >= 15 is 0 Å². The van der Waals surface area contributed by atoms with E-state index in [0.717, 1.165) is 11.3 Å². The highest BCUT2D eigenvalue weighted by Gasteiger charge is 2.23. The molecule has 194 valence electrons. The molecule has 2 aromatic carbocycles. The van der Waals surface area contributed by atoms with Crippen molar-refractivity contribution < 1.29 is 9.53 Å². The van der Waals surface area contributed by atoms with Crippen molar-refractivity contribution >= 4 is 29.0 Å². The van der Waals surface area contributed by atoms with Crippen LogP contribution in [0.5, 0.6) is 5.75 Å². The summed E-state index contributed by atoms with van der Waals surface area (Å²) in [4.78, 5) is 36.1. The van der Waals surface area contributed by atoms with Gasteiger partial charge in [0.2, 0.25) is 0 Å². The van der Waals surface area contributed by atoms with Crippen LogP contribution in [0.2, 0.25) is 0 Å². The molecule has 4 rings (SSSR count). The van der Waals surface area contributed by atoms with E-state index in [1.54, 1.807) is 42.1 Å². The SMILES string of the molecule is [C-]#[N+]c1c(-c2cccc(OC)c2)nc(SCc2ccc(NC(=O)c3cc(C)nn3C(C)(C)C)cc2)[nH]c1=O. The van der Waals surface area contributed by atoms with Crippen molar-refractivity contribution in [2.75, 3.05) is 12.4 Å². The lowest BCUT2D eigenvalue weighted by Crippen LogP contribution is -2.29. The monoisotopic (exact) mass is 528 g/mol. The Balaban J connectivity index is 1.48. The molecule has 0 radical (unpaired) electrons. The Morgan fingerprint density at radius 3 is 2.58 bits per heavy atom. The average Bonchev–Trinajstić information content (AvgIpc) is 3.30. The van der Waals surface area contributed by atoms with E-state index in [0.29, 0.717) is 39.3 Å². The van der Waals surface area contributed by atoms with Gasteiger partial charge in [-0.2, -0.15) is 5.10 Å². The smallest absolute Gasteiger partial charge is 0.276 e. The van der Waals surface area contributed by atoms with E-state index in [4.69, 9.17) is 11.3 Å². The Kier molecular flexibility index (Phi) is 7.69. The molecular formula is C28H28N6O3S. The van der Waals surface area contributed by atoms with Crippen LogP contribution < -0.4 is 15.6 Å². The second kappa shape index (κ2) is 10.9. The lowest BCUT2D eigenvalue weighted by atomic mass is 10.1. The van der Waals surface area contributed by atoms with Crippen LogP contribution in [0, 0.1) is 13.5 Å². The number of anilines is 1. The largest absolute Gasteiger partial charge is 0.497 e. The van der Waals surface area contributed by atoms with Gasteiger partial charge < -0.3 is 15.0 Å². The summed E-state index contributed by atoms with van der Waals surface area (Å²) in [6.07, 6.45) is 0. The summed E-state index contributed by atoms with van der Waals surface area (Å²) in [5.41, 5.74) is 2.99. The maximum atomic E-state index is 12.9. The molecule has 0 fully saturated rings. The maximum Gasteiger partial charge on any atom is 0.276 e. The third kappa shape index (κ3) is 5.95. The molecule has 0 atom stereocenters. The van der Waals surface area contributed by atoms with Gasteiger partial charge in [0.25, 0.3) is 17.2 Å². The normalized spacial score (nSPS) is 11.2. The van der Waals surface area contributed by atoms with Gasteiger partial charge in [0, 0.05) is 11.4 Å². The van der Waals surface area contributed by atoms with Crippen LogP contribution in [0.1, 0.15) is 42.5 Å². The fourth-order valence-electron chi connectivity index (χ4n) is 3.79. The first-order chi connectivity index (χ1) is 18.1. The Hall–Kier alpha value is -4.36. The molecular weight excluding hydrogens is 500 g/mol. The number of hydrogen-bond acceptors (Lipinski definition) is 6. The second-order valence-electron chi connectivity index (χ2n) is 9.61. The van der Waals surface area contributed by atoms with Crippen LogP contribution in [0.25, 0.3) is 16.1 Å². The van der Waals surface area contributed by atoms with Crippen LogP contribution in [0.4, 0.5) is 11.4 Å². The van der Waals surface area contributed by atoms with Gasteiger partial charge in [0.15, 0.2) is 5.16 Å². The third-order valence-corrected chi connectivity index (χ3v) is 6.56. The zero-order valence-corrected chi connectivity index (χ0v) is 22.6. The molecule has 38 heavy (non-hydrogen) atoms. The molecule has 0 bridgehead atoms. The van der Waals surface area contributed by atoms with Crippen LogP contribution in [0.15, 0.2) is 64.5 Å². The first-order valence-corrected chi connectivity index (χ1v) is 12.8. The van der Waals surface area contributed by atoms with E-state index in [-0.39, 0.29) is 17.1 Å². The van der Waals surface area contributed by atoms with Crippen LogP contribution in [-0.2, 0) is 11.3 Å². The van der Waals surface area contributed by atoms with E-state index in [9.17, 15) is 9.59 Å². The van der Waals surface area contributed by atoms with Gasteiger partial charge in [-0.25, -0.2) is 9.83 Å². The Bertz CT molecular complexity index is 1580. The van der Waals surface area contributed by atoms with E-state index in [1.165, 1.54) is 11.8 Å². The van der Waals surface area contributed by atoms with Crippen molar-refractivity contribution in [2.24, 2.45) is 0 Å². The number of methoxy groups -OCH3 is 1. The van der Waals surface area contributed by atoms with E-state index in [2.05, 4.69) is 25.2 Å². The van der Waals surface area contributed by atoms with Crippen molar-refractivity contribution in [3.8, 4) is 17.0 Å². The summed E-state index contributed by atoms with van der Waals surface area (Å²) in [6.45, 7) is 15.3. The number of aryl methyl sites for hydroxylation is 1. The molecule has 9 nitrogen and oxygen atoms in total. The van der Waals surface area contributed by atoms with Crippen LogP contribution in [-0.4, -0.2) is 32.8 Å². The molecule has 0 unspecified atom stereocenters. The molecule has 2 heterocycles. The lowest BCUT2D eigenvalue weighted by Gasteiger charge is -2.22. The number of nitrogens with zero attached hydrogens (tertiary/aromatic N) is 4. The molecule has 10 heteroatoms. The predicted octanol–water partition coefficient (Wildman–Crippen LogP) is 5.80. The lowest BCUT2D eigenvalue weighted by molar-refractivity contribution is 0.100. The number of carbonyl (C=O) groups is 1. The Labute approximate surface area is 225 Å². The Morgan fingerprint density at radius 1 is 1.18 bits per heavy atom. The van der Waals surface area contributed by atoms with Gasteiger partial charge >= 0.3 is 0 Å². The molecule has 0 spiro atoms. The fraction of sp³-hybridized carbons (Fsp3) is 0.250. The zero-order valence-electron chi connectivity index (χ0n) is 21.8. The third-order valence-electron chi connectivity index (χ3n) is 5.62. The molecule has 0 aliphatic heterocycles. The first-order valence-electron chi connectivity index (χ1n) is 11.9. The maximum absolute atomic E-state index is 12.9. The number of H-pyrrole nitrogens is 1. The second-order valence-corrected chi connectivity index (χ2v) is 10.6. The summed E-state index contributed by atoms with van der Waals surface area (Å²) < 4.78 is 7.00. The molecule has 2 aromatic heterocycles. The van der Waals surface area contributed by atoms with E-state index in [1.807, 2.05) is 52.0 Å². The number of rotatable bonds is 7. The number of aromatic amines is 1. The van der Waals surface area contributed by atoms with Crippen molar-refractivity contribution in [1.82, 2.24) is 19.7 Å². The molecule has 0 aliphatic carbocycles. The summed E-state index contributed by atoms with van der Waals surface area (Å²) in [5, 5.41) is 7.80. The van der Waals surface area contributed by atoms with Crippen molar-refractivity contribution in [3.63, 3.8) is 0 Å². The molecule has 1 amide bonds. The number of aromatic nitrogens is 4. The molecule has 4 aromatic rings. The predicted molar refractivity (Wildman–Crippen MR) is 149 cm³/mol. The van der Waals surface area contributed by atoms with Gasteiger partial charge in [0.05, 0.1) is 30.6 Å². The minimum absolute atomic E-state index is 0.0642. The summed E-state index contributed by atoms with van der Waals surface area (Å²) in [5.74, 6) is 0.913. The van der Waals surface area contributed by atoms with E-state index < -0.39 is 5.56 Å². The number of nitrogens with one attached hydrogen (secondary N) is 2. The fourth-order valence-corrected chi connectivity index (χ4v) is 4.61. The molecule has 0 aliphatic rings. The van der Waals surface area contributed by atoms with Crippen LogP contribution in [0.3, 0.4) is 0 Å². The summed E-state index contributed by atoms with van der Waals surface area (Å²) in [6, 6.07) is 16.4. The number of amides is 1. The van der Waals surface area contributed by atoms with Gasteiger partial charge in [-0.05, 0) is 69.2 Å². The summed E-state index contributed by atoms with van der Waals surface area (Å²) >= 11 is 1.35. The van der Waals surface area contributed by atoms with Gasteiger partial charge in [-0.1, -0.05) is 36.0 Å². The minimum atomic E-state index is -0.488. The topological polar surface area (TPSA) is 106 Å². The first kappa shape index (κ1) is 26.7. The van der Waals surface area contributed by atoms with Gasteiger partial charge in [0.1, 0.15) is 11.4 Å². The van der Waals surface area contributed by atoms with Gasteiger partial charge in [-0.3, -0.25) is 14.3 Å². The van der Waals surface area contributed by atoms with Crippen molar-refractivity contribution in [2.45, 2.75) is 44.1 Å². The standard InChI is InChI=1S/C28H28N6O3S/c1-17-14-22(34(33-17)28(2,3)4)25(35)30-20-12-10-18(11-13-20)16-38-27-31-23(24(29-5)26(36)32-27)19-8-7-9-21(15-19)37-6/h7-15H,16H2,1-4,6H3,(H,30,35)(H,31,32,36). The highest BCUT2D eigenvalue weighted by Crippen LogP contribution is 2.30. The number of hydrogen-bond donors (Lipinski definition) is 2. The molecule has 2 N–H and O–H groups in total. The average molecular weight is 529 g/mol. The van der Waals surface area contributed by atoms with Crippen molar-refractivity contribution in [1.29, 1.82) is 0 Å². The number of thioether (sulfide) groups is 1. The highest BCUT2D eigenvalue weighted by atomic mass is 32.2. The highest BCUT2D eigenvalue weighted by molar-refractivity contribution is 7.98. The number of ether oxygens (including phenoxy) is 1. The molecule has 0 saturated heterocycles. The van der Waals surface area contributed by atoms with Gasteiger partial charge in [-0.15, -0.1) is 0 Å². The number of benzene rings is 2. The minimum Gasteiger partial charge on any atom is -0.497 e. The van der Waals surface area contributed by atoms with Crippen LogP contribution >= 0.6 is 11.8 Å². The number of carbonyl (C=O) groups excluding carboxylic acids is 1. The summed E-state index contributed by atoms with van der Waals surface area (Å²) in [7, 11) is 1.56. The molecule has 0 saturated carbocycles. The zero-order chi connectivity index (χ0) is 27.4. The van der Waals surface area contributed by atoms with Crippen molar-refractivity contribution in [3.05, 3.63) is 93.3 Å².